The van der Waals surface area contributed by atoms with Gasteiger partial charge in [0.25, 0.3) is 11.6 Å². The molecule has 0 radical (unpaired) electrons. The number of aliphatic hydroxyl groups is 1. The van der Waals surface area contributed by atoms with Crippen LogP contribution in [0.2, 0.25) is 0 Å². The van der Waals surface area contributed by atoms with Crippen LogP contribution in [0.5, 0.6) is 0 Å². The summed E-state index contributed by atoms with van der Waals surface area (Å²) in [6.45, 7) is 3.74. The largest absolute Gasteiger partial charge is 0.391 e. The summed E-state index contributed by atoms with van der Waals surface area (Å²) in [5.74, 6) is -1.56. The third-order valence-electron chi connectivity index (χ3n) is 5.84. The number of carbonyl (C=O) groups excluding carboxylic acids is 2. The number of para-hydroxylation sites is 1. The molecule has 2 aromatic rings. The molecule has 2 aromatic carbocycles. The number of nitrogens with one attached hydrogen (secondary N) is 1. The van der Waals surface area contributed by atoms with Crippen molar-refractivity contribution >= 4 is 28.9 Å². The van der Waals surface area contributed by atoms with Crippen LogP contribution in [0.15, 0.2) is 66.7 Å². The fourth-order valence-electron chi connectivity index (χ4n) is 4.13. The van der Waals surface area contributed by atoms with Crippen molar-refractivity contribution in [2.75, 3.05) is 10.3 Å². The van der Waals surface area contributed by atoms with Crippen molar-refractivity contribution in [3.8, 4) is 0 Å². The molecule has 2 amide bonds. The lowest BCUT2D eigenvalue weighted by Crippen LogP contribution is -2.58. The molecule has 1 fully saturated rings. The van der Waals surface area contributed by atoms with Crippen molar-refractivity contribution < 1.29 is 19.6 Å². The molecule has 1 saturated heterocycles. The SMILES string of the molecule is CC(C)C(O)C1C=CC2C(=O)N(c3ccccc3)C(=O)C2N1Nc1ccc([N+](=O)[O-])cc1. The molecule has 9 nitrogen and oxygen atoms in total. The first-order valence-corrected chi connectivity index (χ1v) is 10.4. The average Bonchev–Trinajstić information content (AvgIpc) is 3.04. The lowest BCUT2D eigenvalue weighted by atomic mass is 9.89. The van der Waals surface area contributed by atoms with Gasteiger partial charge in [0.15, 0.2) is 0 Å². The number of fused-ring (bicyclic) bond motifs is 1. The Morgan fingerprint density at radius 1 is 1.00 bits per heavy atom. The fraction of sp³-hybridized carbons (Fsp3) is 0.304. The van der Waals surface area contributed by atoms with E-state index in [0.717, 1.165) is 0 Å². The van der Waals surface area contributed by atoms with Crippen LogP contribution < -0.4 is 10.3 Å². The summed E-state index contributed by atoms with van der Waals surface area (Å²) in [4.78, 5) is 38.2. The molecule has 4 rings (SSSR count). The molecular weight excluding hydrogens is 412 g/mol. The Hall–Kier alpha value is -3.56. The minimum Gasteiger partial charge on any atom is -0.391 e. The summed E-state index contributed by atoms with van der Waals surface area (Å²) >= 11 is 0. The molecular formula is C23H24N4O5. The lowest BCUT2D eigenvalue weighted by molar-refractivity contribution is -0.384. The monoisotopic (exact) mass is 436 g/mol. The van der Waals surface area contributed by atoms with Crippen LogP contribution in [0.25, 0.3) is 0 Å². The van der Waals surface area contributed by atoms with Gasteiger partial charge in [-0.2, -0.15) is 0 Å². The molecule has 4 unspecified atom stereocenters. The van der Waals surface area contributed by atoms with Crippen LogP contribution in [-0.4, -0.2) is 45.0 Å². The second-order valence-electron chi connectivity index (χ2n) is 8.25. The molecule has 4 atom stereocenters. The maximum atomic E-state index is 13.5. The van der Waals surface area contributed by atoms with E-state index in [1.165, 1.54) is 29.2 Å². The van der Waals surface area contributed by atoms with Crippen molar-refractivity contribution in [1.29, 1.82) is 0 Å². The molecule has 0 aliphatic carbocycles. The Bertz CT molecular complexity index is 1050. The number of hydrogen-bond acceptors (Lipinski definition) is 7. The first-order valence-electron chi connectivity index (χ1n) is 10.4. The number of nitro benzene ring substituents is 1. The molecule has 32 heavy (non-hydrogen) atoms. The number of non-ortho nitro benzene ring substituents is 1. The van der Waals surface area contributed by atoms with E-state index in [0.29, 0.717) is 11.4 Å². The predicted octanol–water partition coefficient (Wildman–Crippen LogP) is 2.74. The fourth-order valence-corrected chi connectivity index (χ4v) is 4.13. The molecule has 0 saturated carbocycles. The highest BCUT2D eigenvalue weighted by atomic mass is 16.6. The quantitative estimate of drug-likeness (QED) is 0.310. The number of carbonyl (C=O) groups is 2. The zero-order valence-electron chi connectivity index (χ0n) is 17.7. The number of hydrazine groups is 1. The van der Waals surface area contributed by atoms with Crippen LogP contribution >= 0.6 is 0 Å². The molecule has 166 valence electrons. The van der Waals surface area contributed by atoms with E-state index >= 15 is 0 Å². The third kappa shape index (κ3) is 3.76. The van der Waals surface area contributed by atoms with Crippen LogP contribution in [0.4, 0.5) is 17.1 Å². The maximum absolute atomic E-state index is 13.5. The normalized spacial score (nSPS) is 24.0. The molecule has 2 N–H and O–H groups in total. The Morgan fingerprint density at radius 3 is 2.25 bits per heavy atom. The van der Waals surface area contributed by atoms with Crippen molar-refractivity contribution in [2.24, 2.45) is 11.8 Å². The van der Waals surface area contributed by atoms with Gasteiger partial charge in [-0.15, -0.1) is 0 Å². The summed E-state index contributed by atoms with van der Waals surface area (Å²) in [5.41, 5.74) is 4.06. The smallest absolute Gasteiger partial charge is 0.269 e. The zero-order valence-corrected chi connectivity index (χ0v) is 17.7. The van der Waals surface area contributed by atoms with Gasteiger partial charge in [-0.1, -0.05) is 44.2 Å². The number of amides is 2. The summed E-state index contributed by atoms with van der Waals surface area (Å²) < 4.78 is 0. The van der Waals surface area contributed by atoms with Crippen LogP contribution in [0.1, 0.15) is 13.8 Å². The van der Waals surface area contributed by atoms with Crippen molar-refractivity contribution in [3.63, 3.8) is 0 Å². The number of aliphatic hydroxyl groups excluding tert-OH is 1. The molecule has 0 spiro atoms. The molecule has 0 bridgehead atoms. The zero-order chi connectivity index (χ0) is 23.0. The molecule has 2 aliphatic rings. The lowest BCUT2D eigenvalue weighted by Gasteiger charge is -2.41. The molecule has 2 heterocycles. The molecule has 9 heteroatoms. The minimum absolute atomic E-state index is 0.0619. The Morgan fingerprint density at radius 2 is 1.66 bits per heavy atom. The van der Waals surface area contributed by atoms with E-state index in [2.05, 4.69) is 5.43 Å². The number of rotatable bonds is 6. The number of hydrogen-bond donors (Lipinski definition) is 2. The minimum atomic E-state index is -0.874. The highest BCUT2D eigenvalue weighted by Gasteiger charge is 2.54. The van der Waals surface area contributed by atoms with Gasteiger partial charge in [-0.25, -0.2) is 9.91 Å². The van der Waals surface area contributed by atoms with Gasteiger partial charge in [0.05, 0.1) is 28.7 Å². The van der Waals surface area contributed by atoms with Crippen molar-refractivity contribution in [3.05, 3.63) is 76.9 Å². The van der Waals surface area contributed by atoms with Gasteiger partial charge < -0.3 is 10.5 Å². The summed E-state index contributed by atoms with van der Waals surface area (Å²) in [7, 11) is 0. The first-order chi connectivity index (χ1) is 15.3. The Kier molecular flexibility index (Phi) is 5.77. The highest BCUT2D eigenvalue weighted by Crippen LogP contribution is 2.36. The Balaban J connectivity index is 1.71. The maximum Gasteiger partial charge on any atom is 0.269 e. The predicted molar refractivity (Wildman–Crippen MR) is 119 cm³/mol. The van der Waals surface area contributed by atoms with Gasteiger partial charge in [-0.05, 0) is 30.2 Å². The van der Waals surface area contributed by atoms with Gasteiger partial charge in [0, 0.05) is 17.8 Å². The van der Waals surface area contributed by atoms with Crippen molar-refractivity contribution in [2.45, 2.75) is 32.0 Å². The van der Waals surface area contributed by atoms with Gasteiger partial charge in [0.2, 0.25) is 5.91 Å². The van der Waals surface area contributed by atoms with Gasteiger partial charge in [-0.3, -0.25) is 19.7 Å². The van der Waals surface area contributed by atoms with E-state index in [-0.39, 0.29) is 17.5 Å². The number of nitro groups is 1. The van der Waals surface area contributed by atoms with E-state index in [4.69, 9.17) is 0 Å². The molecule has 2 aliphatic heterocycles. The van der Waals surface area contributed by atoms with Crippen LogP contribution in [0, 0.1) is 22.0 Å². The average molecular weight is 436 g/mol. The summed E-state index contributed by atoms with van der Waals surface area (Å²) in [6.07, 6.45) is 2.62. The second-order valence-corrected chi connectivity index (χ2v) is 8.25. The summed E-state index contributed by atoms with van der Waals surface area (Å²) in [6, 6.07) is 13.0. The number of imide groups is 1. The van der Waals surface area contributed by atoms with Crippen LogP contribution in [-0.2, 0) is 9.59 Å². The highest BCUT2D eigenvalue weighted by molar-refractivity contribution is 6.24. The topological polar surface area (TPSA) is 116 Å². The summed E-state index contributed by atoms with van der Waals surface area (Å²) in [5, 5.41) is 23.4. The number of nitrogens with zero attached hydrogens (tertiary/aromatic N) is 3. The van der Waals surface area contributed by atoms with E-state index in [9.17, 15) is 24.8 Å². The van der Waals surface area contributed by atoms with E-state index in [1.54, 1.807) is 47.5 Å². The van der Waals surface area contributed by atoms with Gasteiger partial charge in [0.1, 0.15) is 6.04 Å². The Labute approximate surface area is 185 Å². The number of anilines is 2. The van der Waals surface area contributed by atoms with Gasteiger partial charge >= 0.3 is 0 Å². The molecule has 0 aromatic heterocycles. The first kappa shape index (κ1) is 21.7. The van der Waals surface area contributed by atoms with E-state index in [1.807, 2.05) is 13.8 Å². The van der Waals surface area contributed by atoms with Crippen LogP contribution in [0.3, 0.4) is 0 Å². The van der Waals surface area contributed by atoms with E-state index < -0.39 is 34.9 Å². The van der Waals surface area contributed by atoms with Crippen molar-refractivity contribution in [1.82, 2.24) is 5.01 Å². The third-order valence-corrected chi connectivity index (χ3v) is 5.84. The standard InChI is InChI=1S/C23H24N4O5/c1-14(2)21(28)19-13-12-18-20(23(30)25(22(18)29)16-6-4-3-5-7-16)26(19)24-15-8-10-17(11-9-15)27(31)32/h3-14,18-21,24,28H,1-2H3. The number of benzene rings is 2. The second kappa shape index (κ2) is 8.52.